The van der Waals surface area contributed by atoms with Crippen LogP contribution < -0.4 is 17.0 Å². The maximum Gasteiger partial charge on any atom is 0.332 e. The molecule has 4 aromatic rings. The van der Waals surface area contributed by atoms with Crippen LogP contribution in [0.15, 0.2) is 62.6 Å². The third-order valence-corrected chi connectivity index (χ3v) is 7.19. The van der Waals surface area contributed by atoms with Gasteiger partial charge in [-0.2, -0.15) is 0 Å². The van der Waals surface area contributed by atoms with Gasteiger partial charge in [0.15, 0.2) is 16.8 Å². The Bertz CT molecular complexity index is 1420. The van der Waals surface area contributed by atoms with E-state index in [9.17, 15) is 14.4 Å². The van der Waals surface area contributed by atoms with Gasteiger partial charge >= 0.3 is 5.69 Å². The third kappa shape index (κ3) is 4.48. The second kappa shape index (κ2) is 10.2. The number of thioether (sulfide) groups is 1. The Morgan fingerprint density at radius 1 is 1.00 bits per heavy atom. The van der Waals surface area contributed by atoms with Crippen LogP contribution in [0.3, 0.4) is 0 Å². The van der Waals surface area contributed by atoms with Crippen molar-refractivity contribution in [2.45, 2.75) is 38.6 Å². The number of carbonyl (C=O) groups is 1. The van der Waals surface area contributed by atoms with Gasteiger partial charge in [-0.1, -0.05) is 48.2 Å². The molecule has 0 unspecified atom stereocenters. The first kappa shape index (κ1) is 23.7. The monoisotopic (exact) mass is 496 g/mol. The van der Waals surface area contributed by atoms with Gasteiger partial charge in [0.2, 0.25) is 0 Å². The van der Waals surface area contributed by atoms with Crippen LogP contribution in [0.2, 0.25) is 0 Å². The Hall–Kier alpha value is -3.44. The maximum atomic E-state index is 13.2. The van der Waals surface area contributed by atoms with E-state index in [1.807, 2.05) is 59.3 Å². The van der Waals surface area contributed by atoms with Gasteiger partial charge in [-0.05, 0) is 30.9 Å². The minimum Gasteiger partial charge on any atom is -0.384 e. The zero-order valence-corrected chi connectivity index (χ0v) is 20.4. The number of Topliss-reactive ketones (excluding diaryl/α,β-unsaturated/α-hetero) is 1. The van der Waals surface area contributed by atoms with Gasteiger partial charge in [-0.15, -0.1) is 21.5 Å². The maximum absolute atomic E-state index is 13.2. The van der Waals surface area contributed by atoms with E-state index < -0.39 is 17.0 Å². The van der Waals surface area contributed by atoms with Gasteiger partial charge in [-0.3, -0.25) is 18.7 Å². The summed E-state index contributed by atoms with van der Waals surface area (Å²) in [6.45, 7) is 4.58. The Balaban J connectivity index is 1.65. The lowest BCUT2D eigenvalue weighted by atomic mass is 10.2. The zero-order valence-electron chi connectivity index (χ0n) is 18.8. The average molecular weight is 497 g/mol. The molecule has 0 aliphatic heterocycles. The molecule has 2 N–H and O–H groups in total. The van der Waals surface area contributed by atoms with Gasteiger partial charge in [-0.25, -0.2) is 4.79 Å². The first-order valence-electron chi connectivity index (χ1n) is 10.8. The smallest absolute Gasteiger partial charge is 0.332 e. The minimum absolute atomic E-state index is 0.0602. The Labute approximate surface area is 203 Å². The molecule has 0 saturated heterocycles. The lowest BCUT2D eigenvalue weighted by molar-refractivity contribution is 0.102. The summed E-state index contributed by atoms with van der Waals surface area (Å²) in [7, 11) is 0. The normalized spacial score (nSPS) is 11.1. The number of aromatic nitrogens is 5. The fourth-order valence-corrected chi connectivity index (χ4v) is 5.24. The molecule has 1 aromatic carbocycles. The van der Waals surface area contributed by atoms with E-state index in [4.69, 9.17) is 5.73 Å². The standard InChI is InChI=1S/C23H24N6O3S2/c1-3-27-20(17-11-8-12-33-17)25-26-22(27)34-14-16(30)18-19(24)29(13-15-9-6-5-7-10-15)23(32)28(4-2)21(18)31/h5-12H,3-4,13-14,24H2,1-2H3. The van der Waals surface area contributed by atoms with Crippen molar-refractivity contribution in [2.75, 3.05) is 11.5 Å². The first-order valence-corrected chi connectivity index (χ1v) is 12.6. The fraction of sp³-hybridized carbons (Fsp3) is 0.261. The van der Waals surface area contributed by atoms with Crippen LogP contribution in [0, 0.1) is 0 Å². The quantitative estimate of drug-likeness (QED) is 0.280. The lowest BCUT2D eigenvalue weighted by Gasteiger charge is -2.15. The molecule has 0 aliphatic rings. The molecule has 3 heterocycles. The highest BCUT2D eigenvalue weighted by Crippen LogP contribution is 2.27. The number of hydrogen-bond donors (Lipinski definition) is 1. The highest BCUT2D eigenvalue weighted by Gasteiger charge is 2.24. The molecule has 9 nitrogen and oxygen atoms in total. The summed E-state index contributed by atoms with van der Waals surface area (Å²) in [5, 5.41) is 11.0. The van der Waals surface area contributed by atoms with Crippen molar-refractivity contribution in [1.29, 1.82) is 0 Å². The number of ketones is 1. The molecule has 0 atom stereocenters. The highest BCUT2D eigenvalue weighted by atomic mass is 32.2. The van der Waals surface area contributed by atoms with E-state index in [1.54, 1.807) is 18.3 Å². The molecule has 0 bridgehead atoms. The molecule has 4 rings (SSSR count). The van der Waals surface area contributed by atoms with Gasteiger partial charge in [0.1, 0.15) is 11.4 Å². The van der Waals surface area contributed by atoms with Gasteiger partial charge in [0.05, 0.1) is 17.2 Å². The third-order valence-electron chi connectivity index (χ3n) is 5.35. The fourth-order valence-electron chi connectivity index (χ4n) is 3.65. The Morgan fingerprint density at radius 2 is 1.74 bits per heavy atom. The van der Waals surface area contributed by atoms with E-state index in [2.05, 4.69) is 10.2 Å². The topological polar surface area (TPSA) is 118 Å². The number of anilines is 1. The van der Waals surface area contributed by atoms with E-state index in [1.165, 1.54) is 16.3 Å². The SMILES string of the molecule is CCn1c(SCC(=O)c2c(N)n(Cc3ccccc3)c(=O)n(CC)c2=O)nnc1-c1cccs1. The number of carbonyl (C=O) groups excluding carboxylic acids is 1. The summed E-state index contributed by atoms with van der Waals surface area (Å²) in [5.74, 6) is 0.0943. The van der Waals surface area contributed by atoms with E-state index in [0.29, 0.717) is 11.7 Å². The number of nitrogen functional groups attached to an aromatic ring is 1. The van der Waals surface area contributed by atoms with E-state index in [0.717, 1.165) is 20.8 Å². The van der Waals surface area contributed by atoms with E-state index in [-0.39, 0.29) is 30.2 Å². The number of nitrogens with two attached hydrogens (primary N) is 1. The molecular weight excluding hydrogens is 472 g/mol. The predicted octanol–water partition coefficient (Wildman–Crippen LogP) is 2.98. The molecule has 176 valence electrons. The van der Waals surface area contributed by atoms with Crippen LogP contribution in [0.4, 0.5) is 5.82 Å². The summed E-state index contributed by atoms with van der Waals surface area (Å²) in [6.07, 6.45) is 0. The molecule has 11 heteroatoms. The van der Waals surface area contributed by atoms with E-state index >= 15 is 0 Å². The number of nitrogens with zero attached hydrogens (tertiary/aromatic N) is 5. The van der Waals surface area contributed by atoms with Crippen molar-refractivity contribution in [3.63, 3.8) is 0 Å². The van der Waals surface area contributed by atoms with Crippen molar-refractivity contribution in [2.24, 2.45) is 0 Å². The number of thiophene rings is 1. The molecule has 0 amide bonds. The van der Waals surface area contributed by atoms with Crippen molar-refractivity contribution in [3.8, 4) is 10.7 Å². The second-order valence-electron chi connectivity index (χ2n) is 7.40. The van der Waals surface area contributed by atoms with Crippen LogP contribution in [0.5, 0.6) is 0 Å². The number of benzene rings is 1. The summed E-state index contributed by atoms with van der Waals surface area (Å²) in [4.78, 5) is 40.1. The number of hydrogen-bond acceptors (Lipinski definition) is 8. The largest absolute Gasteiger partial charge is 0.384 e. The van der Waals surface area contributed by atoms with Gasteiger partial charge in [0.25, 0.3) is 5.56 Å². The van der Waals surface area contributed by atoms with Crippen LogP contribution in [-0.4, -0.2) is 35.4 Å². The number of rotatable bonds is 9. The van der Waals surface area contributed by atoms with Crippen LogP contribution in [-0.2, 0) is 19.6 Å². The zero-order chi connectivity index (χ0) is 24.2. The van der Waals surface area contributed by atoms with Gasteiger partial charge < -0.3 is 10.3 Å². The second-order valence-corrected chi connectivity index (χ2v) is 9.29. The van der Waals surface area contributed by atoms with Crippen molar-refractivity contribution in [3.05, 3.63) is 79.8 Å². The molecule has 3 aromatic heterocycles. The summed E-state index contributed by atoms with van der Waals surface area (Å²) < 4.78 is 4.25. The summed E-state index contributed by atoms with van der Waals surface area (Å²) in [5.41, 5.74) is 5.69. The predicted molar refractivity (Wildman–Crippen MR) is 135 cm³/mol. The molecule has 0 spiro atoms. The molecule has 0 saturated carbocycles. The summed E-state index contributed by atoms with van der Waals surface area (Å²) in [6, 6.07) is 13.2. The lowest BCUT2D eigenvalue weighted by Crippen LogP contribution is -2.44. The average Bonchev–Trinajstić information content (AvgIpc) is 3.51. The van der Waals surface area contributed by atoms with Crippen LogP contribution in [0.1, 0.15) is 29.8 Å². The molecular formula is C23H24N6O3S2. The Morgan fingerprint density at radius 3 is 2.38 bits per heavy atom. The van der Waals surface area contributed by atoms with Crippen molar-refractivity contribution >= 4 is 34.7 Å². The van der Waals surface area contributed by atoms with Gasteiger partial charge in [0, 0.05) is 13.1 Å². The molecule has 34 heavy (non-hydrogen) atoms. The van der Waals surface area contributed by atoms with Crippen molar-refractivity contribution < 1.29 is 4.79 Å². The summed E-state index contributed by atoms with van der Waals surface area (Å²) >= 11 is 2.75. The first-order chi connectivity index (χ1) is 16.5. The highest BCUT2D eigenvalue weighted by molar-refractivity contribution is 7.99. The van der Waals surface area contributed by atoms with Crippen molar-refractivity contribution in [1.82, 2.24) is 23.9 Å². The van der Waals surface area contributed by atoms with Crippen LogP contribution >= 0.6 is 23.1 Å². The molecule has 0 fully saturated rings. The minimum atomic E-state index is -0.670. The van der Waals surface area contributed by atoms with Crippen LogP contribution in [0.25, 0.3) is 10.7 Å². The Kier molecular flexibility index (Phi) is 7.13. The molecule has 0 radical (unpaired) electrons. The molecule has 0 aliphatic carbocycles.